The largest absolute Gasteiger partial charge is 0.480 e. The van der Waals surface area contributed by atoms with Gasteiger partial charge in [-0.2, -0.15) is 5.06 Å². The summed E-state index contributed by atoms with van der Waals surface area (Å²) in [7, 11) is 0. The van der Waals surface area contributed by atoms with E-state index in [1.807, 2.05) is 6.92 Å². The Hall–Kier alpha value is -0.610. The lowest BCUT2D eigenvalue weighted by molar-refractivity contribution is -0.143. The molecule has 1 saturated heterocycles. The highest BCUT2D eigenvalue weighted by Crippen LogP contribution is 2.16. The molecule has 0 aromatic heterocycles. The van der Waals surface area contributed by atoms with Crippen molar-refractivity contribution < 1.29 is 14.7 Å². The number of carbonyl (C=O) groups is 1. The number of carboxylic acid groups (broad SMARTS) is 1. The summed E-state index contributed by atoms with van der Waals surface area (Å²) in [6.45, 7) is 2.91. The fourth-order valence-electron chi connectivity index (χ4n) is 0.633. The Kier molecular flexibility index (Phi) is 1.68. The average Bonchev–Trinajstić information content (AvgIpc) is 2.47. The van der Waals surface area contributed by atoms with Gasteiger partial charge in [0.15, 0.2) is 0 Å². The van der Waals surface area contributed by atoms with Crippen molar-refractivity contribution in [1.82, 2.24) is 5.06 Å². The molecule has 0 saturated carbocycles. The fraction of sp³-hybridized carbons (Fsp3) is 0.800. The highest BCUT2D eigenvalue weighted by atomic mass is 16.7. The Morgan fingerprint density at radius 1 is 2.00 bits per heavy atom. The monoisotopic (exact) mass is 131 g/mol. The van der Waals surface area contributed by atoms with E-state index in [1.54, 1.807) is 0 Å². The SMILES string of the molecule is CCON1CC1C(=O)O. The zero-order chi connectivity index (χ0) is 6.85. The number of hydroxylamine groups is 2. The summed E-state index contributed by atoms with van der Waals surface area (Å²) < 4.78 is 0. The minimum atomic E-state index is -0.802. The van der Waals surface area contributed by atoms with Gasteiger partial charge in [-0.15, -0.1) is 0 Å². The topological polar surface area (TPSA) is 49.5 Å². The zero-order valence-corrected chi connectivity index (χ0v) is 5.20. The maximum absolute atomic E-state index is 10.1. The van der Waals surface area contributed by atoms with Gasteiger partial charge in [0.2, 0.25) is 0 Å². The highest BCUT2D eigenvalue weighted by Gasteiger charge is 2.41. The van der Waals surface area contributed by atoms with E-state index in [9.17, 15) is 4.79 Å². The molecular formula is C5H9NO3. The second-order valence-corrected chi connectivity index (χ2v) is 1.87. The first-order valence-electron chi connectivity index (χ1n) is 2.88. The molecule has 2 atom stereocenters. The molecule has 0 aliphatic carbocycles. The standard InChI is InChI=1S/C5H9NO3/c1-2-9-6-3-4(6)5(7)8/h4H,2-3H2,1H3,(H,7,8). The van der Waals surface area contributed by atoms with Gasteiger partial charge in [0.1, 0.15) is 6.04 Å². The van der Waals surface area contributed by atoms with Crippen LogP contribution in [0.15, 0.2) is 0 Å². The van der Waals surface area contributed by atoms with Crippen LogP contribution in [0, 0.1) is 0 Å². The first-order chi connectivity index (χ1) is 4.25. The normalized spacial score (nSPS) is 32.1. The lowest BCUT2D eigenvalue weighted by atomic mass is 10.5. The molecule has 0 bridgehead atoms. The molecule has 1 rings (SSSR count). The van der Waals surface area contributed by atoms with E-state index in [2.05, 4.69) is 0 Å². The molecule has 0 amide bonds. The van der Waals surface area contributed by atoms with Crippen molar-refractivity contribution >= 4 is 5.97 Å². The van der Waals surface area contributed by atoms with E-state index in [1.165, 1.54) is 5.06 Å². The Bertz CT molecular complexity index is 125. The second kappa shape index (κ2) is 2.33. The third-order valence-electron chi connectivity index (χ3n) is 1.15. The van der Waals surface area contributed by atoms with Gasteiger partial charge in [0, 0.05) is 0 Å². The van der Waals surface area contributed by atoms with Crippen LogP contribution >= 0.6 is 0 Å². The first kappa shape index (κ1) is 6.51. The number of nitrogens with zero attached hydrogens (tertiary/aromatic N) is 1. The molecule has 0 aromatic carbocycles. The number of rotatable bonds is 3. The summed E-state index contributed by atoms with van der Waals surface area (Å²) in [5.41, 5.74) is 0. The number of carboxylic acids is 1. The van der Waals surface area contributed by atoms with Crippen LogP contribution in [-0.4, -0.2) is 35.3 Å². The fourth-order valence-corrected chi connectivity index (χ4v) is 0.633. The van der Waals surface area contributed by atoms with Crippen molar-refractivity contribution in [2.24, 2.45) is 0 Å². The smallest absolute Gasteiger partial charge is 0.324 e. The van der Waals surface area contributed by atoms with E-state index in [0.717, 1.165) is 0 Å². The van der Waals surface area contributed by atoms with Gasteiger partial charge in [0.05, 0.1) is 13.2 Å². The second-order valence-electron chi connectivity index (χ2n) is 1.87. The number of aliphatic carboxylic acids is 1. The van der Waals surface area contributed by atoms with Gasteiger partial charge in [0.25, 0.3) is 0 Å². The summed E-state index contributed by atoms with van der Waals surface area (Å²) in [6, 6.07) is -0.384. The Labute approximate surface area is 53.0 Å². The van der Waals surface area contributed by atoms with Crippen LogP contribution in [0.1, 0.15) is 6.92 Å². The highest BCUT2D eigenvalue weighted by molar-refractivity contribution is 5.76. The lowest BCUT2D eigenvalue weighted by Crippen LogP contribution is -2.11. The van der Waals surface area contributed by atoms with E-state index >= 15 is 0 Å². The molecule has 1 heterocycles. The third kappa shape index (κ3) is 1.40. The van der Waals surface area contributed by atoms with Gasteiger partial charge in [-0.25, -0.2) is 0 Å². The van der Waals surface area contributed by atoms with Gasteiger partial charge >= 0.3 is 5.97 Å². The van der Waals surface area contributed by atoms with Crippen LogP contribution in [-0.2, 0) is 9.63 Å². The average molecular weight is 131 g/mol. The van der Waals surface area contributed by atoms with Crippen molar-refractivity contribution in [3.05, 3.63) is 0 Å². The van der Waals surface area contributed by atoms with Crippen LogP contribution < -0.4 is 0 Å². The summed E-state index contributed by atoms with van der Waals surface area (Å²) in [5.74, 6) is -0.802. The third-order valence-corrected chi connectivity index (χ3v) is 1.15. The van der Waals surface area contributed by atoms with Crippen LogP contribution in [0.25, 0.3) is 0 Å². The van der Waals surface area contributed by atoms with Crippen LogP contribution in [0.5, 0.6) is 0 Å². The van der Waals surface area contributed by atoms with E-state index in [-0.39, 0.29) is 6.04 Å². The molecule has 52 valence electrons. The molecule has 1 fully saturated rings. The van der Waals surface area contributed by atoms with Crippen molar-refractivity contribution in [3.8, 4) is 0 Å². The van der Waals surface area contributed by atoms with Crippen LogP contribution in [0.3, 0.4) is 0 Å². The summed E-state index contributed by atoms with van der Waals surface area (Å²) in [5, 5.41) is 9.78. The van der Waals surface area contributed by atoms with Crippen molar-refractivity contribution in [2.45, 2.75) is 13.0 Å². The lowest BCUT2D eigenvalue weighted by Gasteiger charge is -1.96. The molecule has 0 aromatic rings. The molecule has 1 aliphatic heterocycles. The Balaban J connectivity index is 2.17. The van der Waals surface area contributed by atoms with Gasteiger partial charge in [-0.1, -0.05) is 0 Å². The van der Waals surface area contributed by atoms with Crippen LogP contribution in [0.4, 0.5) is 0 Å². The van der Waals surface area contributed by atoms with E-state index < -0.39 is 5.97 Å². The van der Waals surface area contributed by atoms with Gasteiger partial charge < -0.3 is 5.11 Å². The molecule has 1 N–H and O–H groups in total. The van der Waals surface area contributed by atoms with Crippen molar-refractivity contribution in [2.75, 3.05) is 13.2 Å². The van der Waals surface area contributed by atoms with Gasteiger partial charge in [-0.05, 0) is 6.92 Å². The minimum Gasteiger partial charge on any atom is -0.480 e. The quantitative estimate of drug-likeness (QED) is 0.534. The number of hydrogen-bond donors (Lipinski definition) is 1. The molecule has 4 heteroatoms. The van der Waals surface area contributed by atoms with E-state index in [4.69, 9.17) is 9.94 Å². The Morgan fingerprint density at radius 3 is 3.00 bits per heavy atom. The zero-order valence-electron chi connectivity index (χ0n) is 5.20. The molecule has 0 spiro atoms. The Morgan fingerprint density at radius 2 is 2.67 bits per heavy atom. The summed E-state index contributed by atoms with van der Waals surface area (Å²) in [6.07, 6.45) is 0. The number of hydrogen-bond acceptors (Lipinski definition) is 3. The minimum absolute atomic E-state index is 0.384. The summed E-state index contributed by atoms with van der Waals surface area (Å²) in [4.78, 5) is 15.0. The van der Waals surface area contributed by atoms with Crippen molar-refractivity contribution in [3.63, 3.8) is 0 Å². The summed E-state index contributed by atoms with van der Waals surface area (Å²) >= 11 is 0. The maximum atomic E-state index is 10.1. The first-order valence-corrected chi connectivity index (χ1v) is 2.88. The van der Waals surface area contributed by atoms with Crippen molar-refractivity contribution in [1.29, 1.82) is 0 Å². The molecule has 4 nitrogen and oxygen atoms in total. The van der Waals surface area contributed by atoms with Crippen LogP contribution in [0.2, 0.25) is 0 Å². The predicted octanol–water partition coefficient (Wildman–Crippen LogP) is -0.293. The molecule has 2 unspecified atom stereocenters. The van der Waals surface area contributed by atoms with Gasteiger partial charge in [-0.3, -0.25) is 9.63 Å². The molecule has 1 aliphatic rings. The maximum Gasteiger partial charge on any atom is 0.324 e. The molecular weight excluding hydrogens is 122 g/mol. The molecule has 9 heavy (non-hydrogen) atoms. The molecule has 0 radical (unpaired) electrons. The predicted molar refractivity (Wildman–Crippen MR) is 29.8 cm³/mol. The van der Waals surface area contributed by atoms with E-state index in [0.29, 0.717) is 13.2 Å².